The Morgan fingerprint density at radius 3 is 2.34 bits per heavy atom. The molecule has 0 saturated carbocycles. The van der Waals surface area contributed by atoms with Crippen LogP contribution in [0.2, 0.25) is 10.0 Å². The topological polar surface area (TPSA) is 111 Å². The number of nitrogens with one attached hydrogen (secondary N) is 2. The summed E-state index contributed by atoms with van der Waals surface area (Å²) in [4.78, 5) is 20.7. The summed E-state index contributed by atoms with van der Waals surface area (Å²) >= 11 is 11.9. The predicted molar refractivity (Wildman–Crippen MR) is 137 cm³/mol. The lowest BCUT2D eigenvalue weighted by atomic mass is 10.0. The van der Waals surface area contributed by atoms with Crippen LogP contribution in [-0.4, -0.2) is 25.8 Å². The second kappa shape index (κ2) is 9.52. The fourth-order valence-corrected chi connectivity index (χ4v) is 3.58. The quantitative estimate of drug-likeness (QED) is 0.291. The maximum atomic E-state index is 15.1. The molecule has 180 valence electrons. The van der Waals surface area contributed by atoms with E-state index in [1.165, 1.54) is 30.5 Å². The number of hydrogen-bond acceptors (Lipinski definition) is 5. The van der Waals surface area contributed by atoms with Gasteiger partial charge in [0.1, 0.15) is 11.5 Å². The van der Waals surface area contributed by atoms with E-state index in [0.29, 0.717) is 38.4 Å². The molecule has 4 rings (SSSR count). The van der Waals surface area contributed by atoms with Gasteiger partial charge in [-0.3, -0.25) is 4.68 Å². The first kappa shape index (κ1) is 24.4. The third-order valence-electron chi connectivity index (χ3n) is 5.01. The number of carbonyl (C=O) groups is 1. The van der Waals surface area contributed by atoms with Crippen LogP contribution in [0, 0.1) is 5.82 Å². The summed E-state index contributed by atoms with van der Waals surface area (Å²) in [6.45, 7) is 5.93. The fraction of sp³-hybridized carbons (Fsp3) is 0.167. The number of hydrogen-bond donors (Lipinski definition) is 3. The zero-order chi connectivity index (χ0) is 25.3. The van der Waals surface area contributed by atoms with E-state index in [0.717, 1.165) is 0 Å². The Bertz CT molecular complexity index is 1420. The van der Waals surface area contributed by atoms with Crippen LogP contribution in [0.4, 0.5) is 26.5 Å². The number of amides is 2. The summed E-state index contributed by atoms with van der Waals surface area (Å²) in [5.41, 5.74) is 7.82. The molecular weight excluding hydrogens is 492 g/mol. The van der Waals surface area contributed by atoms with E-state index in [-0.39, 0.29) is 17.1 Å². The Labute approximate surface area is 211 Å². The van der Waals surface area contributed by atoms with Crippen molar-refractivity contribution in [3.63, 3.8) is 0 Å². The highest BCUT2D eigenvalue weighted by molar-refractivity contribution is 6.42. The predicted octanol–water partition coefficient (Wildman–Crippen LogP) is 6.43. The highest BCUT2D eigenvalue weighted by Gasteiger charge is 2.23. The van der Waals surface area contributed by atoms with Gasteiger partial charge in [0.05, 0.1) is 21.3 Å². The molecule has 4 aromatic rings. The Hall–Kier alpha value is -3.69. The van der Waals surface area contributed by atoms with Crippen molar-refractivity contribution >= 4 is 46.6 Å². The van der Waals surface area contributed by atoms with E-state index in [1.807, 2.05) is 20.8 Å². The van der Waals surface area contributed by atoms with Gasteiger partial charge < -0.3 is 16.4 Å². The second-order valence-corrected chi connectivity index (χ2v) is 9.52. The molecule has 0 radical (unpaired) electrons. The number of anilines is 3. The van der Waals surface area contributed by atoms with Crippen molar-refractivity contribution in [2.24, 2.45) is 0 Å². The Morgan fingerprint density at radius 2 is 1.69 bits per heavy atom. The van der Waals surface area contributed by atoms with E-state index in [4.69, 9.17) is 28.9 Å². The van der Waals surface area contributed by atoms with Gasteiger partial charge in [-0.2, -0.15) is 5.10 Å². The number of halogens is 3. The zero-order valence-electron chi connectivity index (χ0n) is 19.1. The van der Waals surface area contributed by atoms with Gasteiger partial charge in [-0.05, 0) is 63.2 Å². The van der Waals surface area contributed by atoms with E-state index >= 15 is 4.39 Å². The molecule has 2 heterocycles. The molecule has 0 aliphatic rings. The van der Waals surface area contributed by atoms with Crippen molar-refractivity contribution in [1.29, 1.82) is 0 Å². The Morgan fingerprint density at radius 1 is 1.00 bits per heavy atom. The van der Waals surface area contributed by atoms with Gasteiger partial charge in [0.25, 0.3) is 0 Å². The third kappa shape index (κ3) is 5.52. The largest absolute Gasteiger partial charge is 0.368 e. The first-order valence-electron chi connectivity index (χ1n) is 10.5. The number of nitrogens with zero attached hydrogens (tertiary/aromatic N) is 4. The van der Waals surface area contributed by atoms with Gasteiger partial charge in [-0.25, -0.2) is 19.2 Å². The van der Waals surface area contributed by atoms with E-state index in [1.54, 1.807) is 29.1 Å². The molecule has 2 amide bonds. The Kier molecular flexibility index (Phi) is 6.64. The Balaban J connectivity index is 1.69. The molecule has 4 N–H and O–H groups in total. The van der Waals surface area contributed by atoms with Crippen molar-refractivity contribution < 1.29 is 9.18 Å². The monoisotopic (exact) mass is 513 g/mol. The lowest BCUT2D eigenvalue weighted by Crippen LogP contribution is -2.22. The first-order chi connectivity index (χ1) is 16.5. The molecule has 0 aliphatic carbocycles. The maximum Gasteiger partial charge on any atom is 0.323 e. The van der Waals surface area contributed by atoms with Crippen LogP contribution < -0.4 is 16.4 Å². The van der Waals surface area contributed by atoms with Crippen LogP contribution in [0.3, 0.4) is 0 Å². The first-order valence-corrected chi connectivity index (χ1v) is 11.3. The van der Waals surface area contributed by atoms with Crippen LogP contribution in [-0.2, 0) is 5.54 Å². The highest BCUT2D eigenvalue weighted by atomic mass is 35.5. The molecule has 11 heteroatoms. The maximum absolute atomic E-state index is 15.1. The molecule has 0 spiro atoms. The lowest BCUT2D eigenvalue weighted by Gasteiger charge is -2.18. The van der Waals surface area contributed by atoms with Crippen LogP contribution in [0.1, 0.15) is 20.8 Å². The van der Waals surface area contributed by atoms with Gasteiger partial charge in [0.15, 0.2) is 0 Å². The SMILES string of the molecule is CC(C)(C)n1cc(-c2cc(NC(=O)Nc3ccc(Cl)c(Cl)c3)ccc2F)c(-c2ccnc(N)n2)n1. The summed E-state index contributed by atoms with van der Waals surface area (Å²) < 4.78 is 16.8. The normalized spacial score (nSPS) is 11.4. The lowest BCUT2D eigenvalue weighted by molar-refractivity contribution is 0.262. The summed E-state index contributed by atoms with van der Waals surface area (Å²) in [6.07, 6.45) is 3.25. The zero-order valence-corrected chi connectivity index (χ0v) is 20.6. The standard InChI is InChI=1S/C24H22Cl2FN7O/c1-24(2,3)34-12-16(21(33-34)20-8-9-29-22(28)32-20)15-10-13(5-7-19(15)27)30-23(35)31-14-4-6-17(25)18(26)11-14/h4-12H,1-3H3,(H2,28,29,32)(H2,30,31,35). The van der Waals surface area contributed by atoms with E-state index in [9.17, 15) is 4.79 Å². The molecule has 2 aromatic carbocycles. The second-order valence-electron chi connectivity index (χ2n) is 8.71. The molecule has 8 nitrogen and oxygen atoms in total. The number of urea groups is 1. The summed E-state index contributed by atoms with van der Waals surface area (Å²) in [5, 5.41) is 10.7. The van der Waals surface area contributed by atoms with Crippen molar-refractivity contribution in [2.75, 3.05) is 16.4 Å². The molecule has 35 heavy (non-hydrogen) atoms. The molecule has 0 fully saturated rings. The number of nitrogen functional groups attached to an aromatic ring is 1. The van der Waals surface area contributed by atoms with Gasteiger partial charge >= 0.3 is 6.03 Å². The summed E-state index contributed by atoms with van der Waals surface area (Å²) in [6, 6.07) is 10.1. The van der Waals surface area contributed by atoms with Crippen LogP contribution in [0.25, 0.3) is 22.5 Å². The van der Waals surface area contributed by atoms with Crippen molar-refractivity contribution in [2.45, 2.75) is 26.3 Å². The van der Waals surface area contributed by atoms with Gasteiger partial charge in [-0.1, -0.05) is 23.2 Å². The fourth-order valence-electron chi connectivity index (χ4n) is 3.29. The van der Waals surface area contributed by atoms with Crippen molar-refractivity contribution in [3.05, 3.63) is 70.7 Å². The minimum atomic E-state index is -0.532. The number of nitrogens with two attached hydrogens (primary N) is 1. The average molecular weight is 514 g/mol. The van der Waals surface area contributed by atoms with Crippen LogP contribution in [0.15, 0.2) is 54.9 Å². The minimum absolute atomic E-state index is 0.0774. The molecule has 0 atom stereocenters. The number of carbonyl (C=O) groups excluding carboxylic acids is 1. The molecule has 0 aliphatic heterocycles. The average Bonchev–Trinajstić information content (AvgIpc) is 3.23. The number of aromatic nitrogens is 4. The molecule has 0 bridgehead atoms. The van der Waals surface area contributed by atoms with Crippen molar-refractivity contribution in [3.8, 4) is 22.5 Å². The summed E-state index contributed by atoms with van der Waals surface area (Å²) in [7, 11) is 0. The van der Waals surface area contributed by atoms with Crippen LogP contribution in [0.5, 0.6) is 0 Å². The van der Waals surface area contributed by atoms with Crippen LogP contribution >= 0.6 is 23.2 Å². The molecule has 0 unspecified atom stereocenters. The van der Waals surface area contributed by atoms with E-state index in [2.05, 4.69) is 25.7 Å². The highest BCUT2D eigenvalue weighted by Crippen LogP contribution is 2.35. The van der Waals surface area contributed by atoms with Crippen molar-refractivity contribution in [1.82, 2.24) is 19.7 Å². The molecule has 2 aromatic heterocycles. The molecule has 0 saturated heterocycles. The summed E-state index contributed by atoms with van der Waals surface area (Å²) in [5.74, 6) is -0.411. The van der Waals surface area contributed by atoms with Gasteiger partial charge in [0, 0.05) is 34.9 Å². The van der Waals surface area contributed by atoms with Gasteiger partial charge in [0.2, 0.25) is 5.95 Å². The number of benzene rings is 2. The third-order valence-corrected chi connectivity index (χ3v) is 5.75. The van der Waals surface area contributed by atoms with E-state index < -0.39 is 11.8 Å². The van der Waals surface area contributed by atoms with Gasteiger partial charge in [-0.15, -0.1) is 0 Å². The number of rotatable bonds is 4. The smallest absolute Gasteiger partial charge is 0.323 e. The molecular formula is C24H22Cl2FN7O. The minimum Gasteiger partial charge on any atom is -0.368 e.